The minimum Gasteiger partial charge on any atom is -0.492 e. The summed E-state index contributed by atoms with van der Waals surface area (Å²) in [6.45, 7) is -0.262. The normalized spacial score (nSPS) is 15.1. The maximum atomic E-state index is 12.6. The zero-order valence-corrected chi connectivity index (χ0v) is 16.6. The first kappa shape index (κ1) is 20.8. The van der Waals surface area contributed by atoms with Gasteiger partial charge in [0, 0.05) is 10.6 Å². The van der Waals surface area contributed by atoms with Crippen molar-refractivity contribution >= 4 is 46.6 Å². The van der Waals surface area contributed by atoms with Crippen LogP contribution in [0.4, 0.5) is 4.79 Å². The molecule has 0 aliphatic carbocycles. The van der Waals surface area contributed by atoms with Gasteiger partial charge in [-0.15, -0.1) is 0 Å². The number of carbonyl (C=O) groups is 3. The Hall–Kier alpha value is -2.97. The molecule has 2 amide bonds. The molecule has 1 fully saturated rings. The van der Waals surface area contributed by atoms with Crippen LogP contribution in [0.1, 0.15) is 5.56 Å². The minimum atomic E-state index is -1.11. The molecule has 150 valence electrons. The van der Waals surface area contributed by atoms with Crippen molar-refractivity contribution in [2.75, 3.05) is 19.8 Å². The molecule has 1 saturated heterocycles. The number of halogens is 1. The fourth-order valence-electron chi connectivity index (χ4n) is 2.49. The number of carbonyl (C=O) groups excluding carboxylic acids is 2. The minimum absolute atomic E-state index is 0.0990. The third-order valence-electron chi connectivity index (χ3n) is 3.83. The lowest BCUT2D eigenvalue weighted by molar-refractivity contribution is -0.139. The molecular formula is C20H16ClNO6S. The SMILES string of the molecule is O=C(O)COc1ccccc1/C=C1\SC(=O)N(CCOc2ccc(Cl)cc2)C1=O. The fraction of sp³-hybridized carbons (Fsp3) is 0.150. The van der Waals surface area contributed by atoms with E-state index in [9.17, 15) is 14.4 Å². The van der Waals surface area contributed by atoms with Gasteiger partial charge in [0.2, 0.25) is 0 Å². The molecule has 2 aromatic carbocycles. The fourth-order valence-corrected chi connectivity index (χ4v) is 3.47. The number of para-hydroxylation sites is 1. The van der Waals surface area contributed by atoms with Crippen LogP contribution in [0.3, 0.4) is 0 Å². The number of rotatable bonds is 8. The number of ether oxygens (including phenoxy) is 2. The maximum Gasteiger partial charge on any atom is 0.341 e. The molecule has 9 heteroatoms. The van der Waals surface area contributed by atoms with Gasteiger partial charge in [-0.3, -0.25) is 14.5 Å². The van der Waals surface area contributed by atoms with Crippen LogP contribution in [0.5, 0.6) is 11.5 Å². The molecule has 29 heavy (non-hydrogen) atoms. The molecule has 0 aromatic heterocycles. The van der Waals surface area contributed by atoms with Gasteiger partial charge in [-0.1, -0.05) is 29.8 Å². The zero-order valence-electron chi connectivity index (χ0n) is 15.0. The Bertz CT molecular complexity index is 960. The third-order valence-corrected chi connectivity index (χ3v) is 4.99. The van der Waals surface area contributed by atoms with Crippen molar-refractivity contribution in [1.29, 1.82) is 0 Å². The first-order valence-electron chi connectivity index (χ1n) is 8.51. The number of aliphatic carboxylic acids is 1. The summed E-state index contributed by atoms with van der Waals surface area (Å²) in [5.41, 5.74) is 0.511. The monoisotopic (exact) mass is 433 g/mol. The van der Waals surface area contributed by atoms with Crippen molar-refractivity contribution < 1.29 is 29.0 Å². The molecule has 0 saturated carbocycles. The van der Waals surface area contributed by atoms with E-state index in [1.807, 2.05) is 0 Å². The highest BCUT2D eigenvalue weighted by Gasteiger charge is 2.35. The van der Waals surface area contributed by atoms with Crippen LogP contribution in [-0.4, -0.2) is 46.9 Å². The van der Waals surface area contributed by atoms with Gasteiger partial charge in [0.05, 0.1) is 11.4 Å². The molecular weight excluding hydrogens is 418 g/mol. The summed E-state index contributed by atoms with van der Waals surface area (Å²) in [4.78, 5) is 36.9. The first-order valence-corrected chi connectivity index (χ1v) is 9.71. The summed E-state index contributed by atoms with van der Waals surface area (Å²) in [6.07, 6.45) is 1.52. The van der Waals surface area contributed by atoms with E-state index < -0.39 is 23.7 Å². The van der Waals surface area contributed by atoms with Crippen molar-refractivity contribution in [2.24, 2.45) is 0 Å². The van der Waals surface area contributed by atoms with E-state index in [4.69, 9.17) is 26.2 Å². The van der Waals surface area contributed by atoms with E-state index in [-0.39, 0.29) is 18.1 Å². The number of carboxylic acid groups (broad SMARTS) is 1. The van der Waals surface area contributed by atoms with Crippen molar-refractivity contribution in [3.63, 3.8) is 0 Å². The average Bonchev–Trinajstić information content (AvgIpc) is 2.96. The summed E-state index contributed by atoms with van der Waals surface area (Å²) in [7, 11) is 0. The Labute approximate surface area is 175 Å². The van der Waals surface area contributed by atoms with E-state index in [1.54, 1.807) is 48.5 Å². The second kappa shape index (κ2) is 9.49. The lowest BCUT2D eigenvalue weighted by Crippen LogP contribution is -2.32. The summed E-state index contributed by atoms with van der Waals surface area (Å²) >= 11 is 6.63. The molecule has 7 nitrogen and oxygen atoms in total. The molecule has 1 N–H and O–H groups in total. The van der Waals surface area contributed by atoms with E-state index in [1.165, 1.54) is 6.08 Å². The Kier molecular flexibility index (Phi) is 6.79. The van der Waals surface area contributed by atoms with Crippen LogP contribution in [0.2, 0.25) is 5.02 Å². The van der Waals surface area contributed by atoms with Crippen LogP contribution in [0.15, 0.2) is 53.4 Å². The zero-order chi connectivity index (χ0) is 20.8. The smallest absolute Gasteiger partial charge is 0.341 e. The topological polar surface area (TPSA) is 93.1 Å². The molecule has 1 aliphatic rings. The molecule has 0 unspecified atom stereocenters. The number of benzene rings is 2. The highest BCUT2D eigenvalue weighted by atomic mass is 35.5. The largest absolute Gasteiger partial charge is 0.492 e. The Balaban J connectivity index is 1.65. The van der Waals surface area contributed by atoms with Gasteiger partial charge >= 0.3 is 5.97 Å². The molecule has 1 heterocycles. The van der Waals surface area contributed by atoms with Gasteiger partial charge < -0.3 is 14.6 Å². The number of hydrogen-bond donors (Lipinski definition) is 1. The molecule has 2 aromatic rings. The van der Waals surface area contributed by atoms with Crippen molar-refractivity contribution in [1.82, 2.24) is 4.90 Å². The number of nitrogens with zero attached hydrogens (tertiary/aromatic N) is 1. The van der Waals surface area contributed by atoms with Crippen molar-refractivity contribution in [3.05, 3.63) is 64.0 Å². The highest BCUT2D eigenvalue weighted by molar-refractivity contribution is 8.18. The Morgan fingerprint density at radius 1 is 1.10 bits per heavy atom. The van der Waals surface area contributed by atoms with E-state index in [0.29, 0.717) is 22.1 Å². The van der Waals surface area contributed by atoms with Crippen LogP contribution in [0.25, 0.3) is 6.08 Å². The lowest BCUT2D eigenvalue weighted by Gasteiger charge is -2.13. The molecule has 0 bridgehead atoms. The van der Waals surface area contributed by atoms with E-state index >= 15 is 0 Å². The predicted molar refractivity (Wildman–Crippen MR) is 109 cm³/mol. The van der Waals surface area contributed by atoms with Gasteiger partial charge in [0.25, 0.3) is 11.1 Å². The molecule has 0 atom stereocenters. The lowest BCUT2D eigenvalue weighted by atomic mass is 10.2. The van der Waals surface area contributed by atoms with E-state index in [2.05, 4.69) is 0 Å². The second-order valence-electron chi connectivity index (χ2n) is 5.86. The number of thioether (sulfide) groups is 1. The van der Waals surface area contributed by atoms with Gasteiger partial charge in [0.15, 0.2) is 6.61 Å². The van der Waals surface area contributed by atoms with Gasteiger partial charge in [0.1, 0.15) is 18.1 Å². The van der Waals surface area contributed by atoms with Crippen LogP contribution in [0, 0.1) is 0 Å². The number of amides is 2. The van der Waals surface area contributed by atoms with Crippen molar-refractivity contribution in [2.45, 2.75) is 0 Å². The summed E-state index contributed by atoms with van der Waals surface area (Å²) < 4.78 is 10.8. The molecule has 0 radical (unpaired) electrons. The summed E-state index contributed by atoms with van der Waals surface area (Å²) in [5, 5.41) is 8.96. The second-order valence-corrected chi connectivity index (χ2v) is 7.29. The van der Waals surface area contributed by atoms with E-state index in [0.717, 1.165) is 16.7 Å². The van der Waals surface area contributed by atoms with Crippen LogP contribution < -0.4 is 9.47 Å². The quantitative estimate of drug-likeness (QED) is 0.630. The summed E-state index contributed by atoms with van der Waals surface area (Å²) in [5.74, 6) is -0.650. The molecule has 1 aliphatic heterocycles. The summed E-state index contributed by atoms with van der Waals surface area (Å²) in [6, 6.07) is 13.5. The standard InChI is InChI=1S/C20H16ClNO6S/c21-14-5-7-15(8-6-14)27-10-9-22-19(25)17(29-20(22)26)11-13-3-1-2-4-16(13)28-12-18(23)24/h1-8,11H,9-10,12H2,(H,23,24)/b17-11-. The van der Waals surface area contributed by atoms with Crippen LogP contribution >= 0.6 is 23.4 Å². The van der Waals surface area contributed by atoms with Crippen LogP contribution in [-0.2, 0) is 9.59 Å². The average molecular weight is 434 g/mol. The number of hydrogen-bond acceptors (Lipinski definition) is 6. The molecule has 0 spiro atoms. The highest BCUT2D eigenvalue weighted by Crippen LogP contribution is 2.33. The number of imide groups is 1. The predicted octanol–water partition coefficient (Wildman–Crippen LogP) is 3.92. The molecule has 3 rings (SSSR count). The number of carboxylic acids is 1. The Morgan fingerprint density at radius 3 is 2.55 bits per heavy atom. The maximum absolute atomic E-state index is 12.6. The van der Waals surface area contributed by atoms with Gasteiger partial charge in [-0.05, 0) is 48.2 Å². The van der Waals surface area contributed by atoms with Gasteiger partial charge in [-0.2, -0.15) is 0 Å². The van der Waals surface area contributed by atoms with Crippen molar-refractivity contribution in [3.8, 4) is 11.5 Å². The first-order chi connectivity index (χ1) is 13.9. The third kappa shape index (κ3) is 5.52. The van der Waals surface area contributed by atoms with Gasteiger partial charge in [-0.25, -0.2) is 4.79 Å². The Morgan fingerprint density at radius 2 is 1.83 bits per heavy atom.